The average molecular weight is 411 g/mol. The van der Waals surface area contributed by atoms with Gasteiger partial charge in [-0.2, -0.15) is 0 Å². The Hall–Kier alpha value is -0.0800. The highest BCUT2D eigenvalue weighted by Gasteiger charge is 2.09. The smallest absolute Gasteiger partial charge is 0.00157 e. The van der Waals surface area contributed by atoms with Gasteiger partial charge in [0.1, 0.15) is 0 Å². The zero-order valence-electron chi connectivity index (χ0n) is 21.1. The molecule has 1 atom stereocenters. The highest BCUT2D eigenvalue weighted by Crippen LogP contribution is 2.14. The topological polar surface area (TPSA) is 15.3 Å². The minimum Gasteiger partial charge on any atom is -0.316 e. The van der Waals surface area contributed by atoms with E-state index in [9.17, 15) is 0 Å². The maximum absolute atomic E-state index is 3.76. The summed E-state index contributed by atoms with van der Waals surface area (Å²) in [6.45, 7) is 8.27. The fourth-order valence-electron chi connectivity index (χ4n) is 4.38. The third-order valence-electron chi connectivity index (χ3n) is 6.23. The quantitative estimate of drug-likeness (QED) is 0.161. The minimum atomic E-state index is 0.827. The van der Waals surface area contributed by atoms with Gasteiger partial charge in [0.15, 0.2) is 0 Å². The lowest BCUT2D eigenvalue weighted by Crippen LogP contribution is -2.31. The number of hydrogen-bond acceptors (Lipinski definition) is 2. The zero-order chi connectivity index (χ0) is 21.4. The van der Waals surface area contributed by atoms with Gasteiger partial charge in [0.25, 0.3) is 0 Å². The molecule has 0 aromatic carbocycles. The number of rotatable bonds is 24. The molecular weight excluding hydrogens is 352 g/mol. The van der Waals surface area contributed by atoms with Crippen LogP contribution in [0.25, 0.3) is 0 Å². The van der Waals surface area contributed by atoms with E-state index in [0.29, 0.717) is 0 Å². The van der Waals surface area contributed by atoms with Crippen molar-refractivity contribution in [3.8, 4) is 0 Å². The maximum Gasteiger partial charge on any atom is 0.00157 e. The molecule has 0 radical (unpaired) electrons. The second-order valence-electron chi connectivity index (χ2n) is 9.78. The first-order valence-corrected chi connectivity index (χ1v) is 13.6. The second kappa shape index (κ2) is 24.2. The lowest BCUT2D eigenvalue weighted by molar-refractivity contribution is 0.296. The van der Waals surface area contributed by atoms with E-state index >= 15 is 0 Å². The summed E-state index contributed by atoms with van der Waals surface area (Å²) in [5.74, 6) is 0.827. The Morgan fingerprint density at radius 1 is 0.552 bits per heavy atom. The molecule has 1 N–H and O–H groups in total. The molecule has 0 saturated carbocycles. The van der Waals surface area contributed by atoms with Crippen LogP contribution in [0.1, 0.15) is 136 Å². The minimum absolute atomic E-state index is 0.827. The summed E-state index contributed by atoms with van der Waals surface area (Å²) in [5.41, 5.74) is 0. The maximum atomic E-state index is 3.76. The van der Waals surface area contributed by atoms with Crippen LogP contribution in [-0.2, 0) is 0 Å². The van der Waals surface area contributed by atoms with Crippen molar-refractivity contribution in [1.82, 2.24) is 10.2 Å². The molecule has 0 aromatic rings. The first-order chi connectivity index (χ1) is 14.2. The molecule has 0 aromatic heterocycles. The molecule has 0 aliphatic heterocycles. The molecule has 0 saturated heterocycles. The predicted octanol–water partition coefficient (Wildman–Crippen LogP) is 8.21. The number of hydrogen-bond donors (Lipinski definition) is 1. The largest absolute Gasteiger partial charge is 0.316 e. The van der Waals surface area contributed by atoms with Gasteiger partial charge in [0, 0.05) is 6.54 Å². The van der Waals surface area contributed by atoms with Crippen molar-refractivity contribution in [1.29, 1.82) is 0 Å². The van der Waals surface area contributed by atoms with Gasteiger partial charge in [0.05, 0.1) is 0 Å². The number of nitrogens with one attached hydrogen (secondary N) is 1. The molecular formula is C27H58N2. The molecule has 0 rings (SSSR count). The lowest BCUT2D eigenvalue weighted by Gasteiger charge is -2.21. The molecule has 0 aliphatic rings. The Kier molecular flexibility index (Phi) is 24.1. The monoisotopic (exact) mass is 410 g/mol. The Morgan fingerprint density at radius 3 is 1.41 bits per heavy atom. The van der Waals surface area contributed by atoms with Gasteiger partial charge in [-0.15, -0.1) is 0 Å². The van der Waals surface area contributed by atoms with Crippen LogP contribution in [0.3, 0.4) is 0 Å². The Balaban J connectivity index is 3.52. The van der Waals surface area contributed by atoms with Crippen LogP contribution < -0.4 is 5.32 Å². The van der Waals surface area contributed by atoms with Crippen LogP contribution in [0.2, 0.25) is 0 Å². The van der Waals surface area contributed by atoms with Crippen molar-refractivity contribution in [2.45, 2.75) is 136 Å². The van der Waals surface area contributed by atoms with E-state index < -0.39 is 0 Å². The molecule has 2 nitrogen and oxygen atoms in total. The average Bonchev–Trinajstić information content (AvgIpc) is 2.70. The molecule has 0 spiro atoms. The Morgan fingerprint density at radius 2 is 0.966 bits per heavy atom. The fraction of sp³-hybridized carbons (Fsp3) is 1.00. The van der Waals surface area contributed by atoms with E-state index in [1.54, 1.807) is 0 Å². The molecule has 0 bridgehead atoms. The molecule has 0 fully saturated rings. The Bertz CT molecular complexity index is 290. The molecule has 0 aliphatic carbocycles. The summed E-state index contributed by atoms with van der Waals surface area (Å²) in [5, 5.41) is 3.76. The van der Waals surface area contributed by atoms with E-state index in [1.165, 1.54) is 142 Å². The van der Waals surface area contributed by atoms with Crippen LogP contribution in [0.4, 0.5) is 0 Å². The normalized spacial score (nSPS) is 12.7. The molecule has 176 valence electrons. The molecule has 2 heteroatoms. The highest BCUT2D eigenvalue weighted by molar-refractivity contribution is 4.66. The number of unbranched alkanes of at least 4 members (excludes halogenated alkanes) is 16. The van der Waals surface area contributed by atoms with E-state index in [1.807, 2.05) is 0 Å². The van der Waals surface area contributed by atoms with Gasteiger partial charge in [-0.3, -0.25) is 0 Å². The summed E-state index contributed by atoms with van der Waals surface area (Å²) in [6.07, 6.45) is 27.1. The van der Waals surface area contributed by atoms with Crippen LogP contribution in [-0.4, -0.2) is 38.6 Å². The summed E-state index contributed by atoms with van der Waals surface area (Å²) in [7, 11) is 4.45. The van der Waals surface area contributed by atoms with Crippen molar-refractivity contribution in [2.75, 3.05) is 33.7 Å². The van der Waals surface area contributed by atoms with E-state index in [0.717, 1.165) is 5.92 Å². The molecule has 0 heterocycles. The van der Waals surface area contributed by atoms with Crippen LogP contribution in [0, 0.1) is 5.92 Å². The summed E-state index contributed by atoms with van der Waals surface area (Å²) in [4.78, 5) is 2.37. The predicted molar refractivity (Wildman–Crippen MR) is 134 cm³/mol. The highest BCUT2D eigenvalue weighted by atomic mass is 15.1. The van der Waals surface area contributed by atoms with Crippen molar-refractivity contribution < 1.29 is 0 Å². The van der Waals surface area contributed by atoms with Crippen molar-refractivity contribution >= 4 is 0 Å². The van der Waals surface area contributed by atoms with Gasteiger partial charge < -0.3 is 10.2 Å². The molecule has 1 unspecified atom stereocenters. The first kappa shape index (κ1) is 28.9. The fourth-order valence-corrected chi connectivity index (χ4v) is 4.38. The van der Waals surface area contributed by atoms with Crippen molar-refractivity contribution in [2.24, 2.45) is 5.92 Å². The van der Waals surface area contributed by atoms with Crippen LogP contribution in [0.15, 0.2) is 0 Å². The SMILES string of the molecule is CCCCCCCCCCCCNCC(CCCCCCCCCC)CN(C)C. The third-order valence-corrected chi connectivity index (χ3v) is 6.23. The first-order valence-electron chi connectivity index (χ1n) is 13.6. The number of nitrogens with zero attached hydrogens (tertiary/aromatic N) is 1. The van der Waals surface area contributed by atoms with Crippen molar-refractivity contribution in [3.05, 3.63) is 0 Å². The van der Waals surface area contributed by atoms with Gasteiger partial charge in [0.2, 0.25) is 0 Å². The Labute approximate surface area is 186 Å². The van der Waals surface area contributed by atoms with Gasteiger partial charge >= 0.3 is 0 Å². The van der Waals surface area contributed by atoms with Crippen molar-refractivity contribution in [3.63, 3.8) is 0 Å². The zero-order valence-corrected chi connectivity index (χ0v) is 21.1. The van der Waals surface area contributed by atoms with Crippen LogP contribution in [0.5, 0.6) is 0 Å². The van der Waals surface area contributed by atoms with Gasteiger partial charge in [-0.25, -0.2) is 0 Å². The van der Waals surface area contributed by atoms with Crippen LogP contribution >= 0.6 is 0 Å². The molecule has 29 heavy (non-hydrogen) atoms. The van der Waals surface area contributed by atoms with E-state index in [4.69, 9.17) is 0 Å². The second-order valence-corrected chi connectivity index (χ2v) is 9.78. The third kappa shape index (κ3) is 24.1. The van der Waals surface area contributed by atoms with E-state index in [-0.39, 0.29) is 0 Å². The van der Waals surface area contributed by atoms with E-state index in [2.05, 4.69) is 38.2 Å². The summed E-state index contributed by atoms with van der Waals surface area (Å²) in [6, 6.07) is 0. The lowest BCUT2D eigenvalue weighted by atomic mass is 9.99. The molecule has 0 amide bonds. The van der Waals surface area contributed by atoms with Gasteiger partial charge in [-0.1, -0.05) is 123 Å². The standard InChI is InChI=1S/C27H58N2/c1-5-7-9-11-13-15-16-18-20-22-24-28-25-27(26-29(3)4)23-21-19-17-14-12-10-8-6-2/h27-28H,5-26H2,1-4H3. The summed E-state index contributed by atoms with van der Waals surface area (Å²) >= 11 is 0. The summed E-state index contributed by atoms with van der Waals surface area (Å²) < 4.78 is 0. The van der Waals surface area contributed by atoms with Gasteiger partial charge in [-0.05, 0) is 45.9 Å².